The Labute approximate surface area is 98.7 Å². The Morgan fingerprint density at radius 2 is 2.25 bits per heavy atom. The molecular formula is C13H25NO2. The molecule has 2 unspecified atom stereocenters. The van der Waals surface area contributed by atoms with Gasteiger partial charge >= 0.3 is 0 Å². The molecule has 1 spiro atoms. The van der Waals surface area contributed by atoms with Crippen LogP contribution in [-0.2, 0) is 9.47 Å². The van der Waals surface area contributed by atoms with E-state index in [0.29, 0.717) is 12.5 Å². The molecule has 3 heteroatoms. The van der Waals surface area contributed by atoms with Gasteiger partial charge in [0, 0.05) is 18.8 Å². The molecule has 0 aromatic heterocycles. The fourth-order valence-electron chi connectivity index (χ4n) is 2.95. The van der Waals surface area contributed by atoms with E-state index in [-0.39, 0.29) is 11.1 Å². The third-order valence-electron chi connectivity index (χ3n) is 4.31. The predicted molar refractivity (Wildman–Crippen MR) is 64.3 cm³/mol. The van der Waals surface area contributed by atoms with Crippen molar-refractivity contribution in [3.63, 3.8) is 0 Å². The first-order valence-electron chi connectivity index (χ1n) is 6.59. The fourth-order valence-corrected chi connectivity index (χ4v) is 2.95. The second kappa shape index (κ2) is 4.63. The van der Waals surface area contributed by atoms with Crippen LogP contribution in [0.15, 0.2) is 0 Å². The van der Waals surface area contributed by atoms with E-state index in [0.717, 1.165) is 26.1 Å². The lowest BCUT2D eigenvalue weighted by Gasteiger charge is -2.50. The van der Waals surface area contributed by atoms with Gasteiger partial charge in [-0.25, -0.2) is 0 Å². The lowest BCUT2D eigenvalue weighted by atomic mass is 9.67. The molecule has 1 saturated carbocycles. The number of rotatable bonds is 4. The van der Waals surface area contributed by atoms with Crippen molar-refractivity contribution in [1.82, 2.24) is 0 Å². The summed E-state index contributed by atoms with van der Waals surface area (Å²) in [6.07, 6.45) is 6.00. The molecule has 2 rings (SSSR count). The molecule has 0 bridgehead atoms. The summed E-state index contributed by atoms with van der Waals surface area (Å²) in [5.41, 5.74) is 6.40. The Morgan fingerprint density at radius 1 is 1.50 bits per heavy atom. The summed E-state index contributed by atoms with van der Waals surface area (Å²) in [4.78, 5) is 0. The van der Waals surface area contributed by atoms with Crippen molar-refractivity contribution in [3.8, 4) is 0 Å². The van der Waals surface area contributed by atoms with Gasteiger partial charge in [-0.3, -0.25) is 0 Å². The van der Waals surface area contributed by atoms with E-state index in [1.54, 1.807) is 0 Å². The Kier molecular flexibility index (Phi) is 3.57. The molecule has 2 N–H and O–H groups in total. The first-order chi connectivity index (χ1) is 7.58. The van der Waals surface area contributed by atoms with Crippen LogP contribution in [0.1, 0.15) is 46.0 Å². The molecule has 3 nitrogen and oxygen atoms in total. The summed E-state index contributed by atoms with van der Waals surface area (Å²) >= 11 is 0. The van der Waals surface area contributed by atoms with Crippen molar-refractivity contribution in [1.29, 1.82) is 0 Å². The van der Waals surface area contributed by atoms with Crippen molar-refractivity contribution in [2.24, 2.45) is 11.7 Å². The van der Waals surface area contributed by atoms with Crippen molar-refractivity contribution in [2.75, 3.05) is 19.8 Å². The summed E-state index contributed by atoms with van der Waals surface area (Å²) < 4.78 is 11.4. The second-order valence-electron chi connectivity index (χ2n) is 5.72. The summed E-state index contributed by atoms with van der Waals surface area (Å²) in [5.74, 6) is 0.549. The van der Waals surface area contributed by atoms with E-state index < -0.39 is 0 Å². The molecule has 2 aliphatic rings. The van der Waals surface area contributed by atoms with Gasteiger partial charge in [-0.2, -0.15) is 0 Å². The van der Waals surface area contributed by atoms with Crippen LogP contribution in [0.5, 0.6) is 0 Å². The zero-order chi connectivity index (χ0) is 11.6. The summed E-state index contributed by atoms with van der Waals surface area (Å²) in [5, 5.41) is 0. The second-order valence-corrected chi connectivity index (χ2v) is 5.72. The molecule has 0 radical (unpaired) electrons. The Bertz CT molecular complexity index is 236. The van der Waals surface area contributed by atoms with Gasteiger partial charge in [0.25, 0.3) is 0 Å². The Hall–Kier alpha value is -0.120. The average molecular weight is 227 g/mol. The summed E-state index contributed by atoms with van der Waals surface area (Å²) in [7, 11) is 0. The zero-order valence-electron chi connectivity index (χ0n) is 10.6. The molecular weight excluding hydrogens is 202 g/mol. The average Bonchev–Trinajstić information content (AvgIpc) is 2.24. The molecule has 0 amide bonds. The van der Waals surface area contributed by atoms with E-state index in [4.69, 9.17) is 15.2 Å². The molecule has 2 fully saturated rings. The normalized spacial score (nSPS) is 32.1. The standard InChI is InChI=1S/C13H25NO2/c1-3-15-10-12(2,14)11-5-8-16-13(9-11)6-4-7-13/h11H,3-10,14H2,1-2H3. The van der Waals surface area contributed by atoms with Crippen LogP contribution in [0.4, 0.5) is 0 Å². The Balaban J connectivity index is 1.92. The highest BCUT2D eigenvalue weighted by molar-refractivity contribution is 4.99. The van der Waals surface area contributed by atoms with Crippen LogP contribution in [-0.4, -0.2) is 31.0 Å². The highest BCUT2D eigenvalue weighted by atomic mass is 16.5. The molecule has 0 aromatic carbocycles. The molecule has 16 heavy (non-hydrogen) atoms. The van der Waals surface area contributed by atoms with E-state index >= 15 is 0 Å². The lowest BCUT2D eigenvalue weighted by molar-refractivity contribution is -0.154. The van der Waals surface area contributed by atoms with Crippen LogP contribution in [0, 0.1) is 5.92 Å². The maximum atomic E-state index is 6.40. The number of hydrogen-bond acceptors (Lipinski definition) is 3. The maximum Gasteiger partial charge on any atom is 0.0686 e. The van der Waals surface area contributed by atoms with Crippen molar-refractivity contribution < 1.29 is 9.47 Å². The minimum Gasteiger partial charge on any atom is -0.380 e. The van der Waals surface area contributed by atoms with Gasteiger partial charge in [-0.15, -0.1) is 0 Å². The fraction of sp³-hybridized carbons (Fsp3) is 1.00. The van der Waals surface area contributed by atoms with Crippen LogP contribution in [0.3, 0.4) is 0 Å². The van der Waals surface area contributed by atoms with Gasteiger partial charge < -0.3 is 15.2 Å². The van der Waals surface area contributed by atoms with Crippen LogP contribution >= 0.6 is 0 Å². The third-order valence-corrected chi connectivity index (χ3v) is 4.31. The number of hydrogen-bond donors (Lipinski definition) is 1. The highest BCUT2D eigenvalue weighted by Crippen LogP contribution is 2.46. The molecule has 0 aromatic rings. The van der Waals surface area contributed by atoms with Crippen LogP contribution < -0.4 is 5.73 Å². The number of ether oxygens (including phenoxy) is 2. The maximum absolute atomic E-state index is 6.40. The van der Waals surface area contributed by atoms with Gasteiger partial charge in [-0.1, -0.05) is 0 Å². The van der Waals surface area contributed by atoms with Gasteiger partial charge in [0.15, 0.2) is 0 Å². The minimum absolute atomic E-state index is 0.190. The summed E-state index contributed by atoms with van der Waals surface area (Å²) in [6.45, 7) is 6.45. The van der Waals surface area contributed by atoms with E-state index in [1.807, 2.05) is 6.92 Å². The lowest BCUT2D eigenvalue weighted by Crippen LogP contribution is -2.56. The molecule has 1 heterocycles. The topological polar surface area (TPSA) is 44.5 Å². The van der Waals surface area contributed by atoms with Crippen LogP contribution in [0.2, 0.25) is 0 Å². The van der Waals surface area contributed by atoms with Crippen molar-refractivity contribution >= 4 is 0 Å². The van der Waals surface area contributed by atoms with Gasteiger partial charge in [0.05, 0.1) is 12.2 Å². The quantitative estimate of drug-likeness (QED) is 0.800. The highest BCUT2D eigenvalue weighted by Gasteiger charge is 2.46. The molecule has 1 saturated heterocycles. The molecule has 1 aliphatic heterocycles. The van der Waals surface area contributed by atoms with Crippen LogP contribution in [0.25, 0.3) is 0 Å². The van der Waals surface area contributed by atoms with Gasteiger partial charge in [0.1, 0.15) is 0 Å². The Morgan fingerprint density at radius 3 is 2.81 bits per heavy atom. The first kappa shape index (κ1) is 12.3. The molecule has 1 aliphatic carbocycles. The van der Waals surface area contributed by atoms with E-state index in [2.05, 4.69) is 6.92 Å². The van der Waals surface area contributed by atoms with Gasteiger partial charge in [0.2, 0.25) is 0 Å². The number of nitrogens with two attached hydrogens (primary N) is 1. The largest absolute Gasteiger partial charge is 0.380 e. The van der Waals surface area contributed by atoms with Gasteiger partial charge in [-0.05, 0) is 51.9 Å². The predicted octanol–water partition coefficient (Wildman–Crippen LogP) is 2.09. The molecule has 2 atom stereocenters. The smallest absolute Gasteiger partial charge is 0.0686 e. The minimum atomic E-state index is -0.192. The molecule has 94 valence electrons. The zero-order valence-corrected chi connectivity index (χ0v) is 10.6. The van der Waals surface area contributed by atoms with E-state index in [1.165, 1.54) is 19.3 Å². The SMILES string of the molecule is CCOCC(C)(N)C1CCOC2(CCC2)C1. The summed E-state index contributed by atoms with van der Waals surface area (Å²) in [6, 6.07) is 0. The van der Waals surface area contributed by atoms with Crippen molar-refractivity contribution in [2.45, 2.75) is 57.1 Å². The third kappa shape index (κ3) is 2.41. The van der Waals surface area contributed by atoms with E-state index in [9.17, 15) is 0 Å². The monoisotopic (exact) mass is 227 g/mol. The van der Waals surface area contributed by atoms with Crippen molar-refractivity contribution in [3.05, 3.63) is 0 Å². The first-order valence-corrected chi connectivity index (χ1v) is 6.59.